The molecule has 170 valence electrons. The van der Waals surface area contributed by atoms with Gasteiger partial charge < -0.3 is 10.4 Å². The number of carboxylic acid groups (broad SMARTS) is 1. The van der Waals surface area contributed by atoms with E-state index in [0.29, 0.717) is 26.9 Å². The first-order chi connectivity index (χ1) is 15.8. The van der Waals surface area contributed by atoms with Crippen LogP contribution in [0.1, 0.15) is 24.0 Å². The van der Waals surface area contributed by atoms with Crippen molar-refractivity contribution in [2.75, 3.05) is 5.32 Å². The normalized spacial score (nSPS) is 27.8. The molecule has 5 rings (SSSR count). The van der Waals surface area contributed by atoms with E-state index in [2.05, 4.69) is 10.6 Å². The van der Waals surface area contributed by atoms with Crippen molar-refractivity contribution in [3.05, 3.63) is 63.6 Å². The highest BCUT2D eigenvalue weighted by atomic mass is 35.5. The smallest absolute Gasteiger partial charge is 0.303 e. The van der Waals surface area contributed by atoms with Gasteiger partial charge in [0.2, 0.25) is 17.7 Å². The van der Waals surface area contributed by atoms with Crippen LogP contribution in [-0.2, 0) is 31.3 Å². The number of hydrogen-bond acceptors (Lipinski definition) is 5. The van der Waals surface area contributed by atoms with Crippen LogP contribution in [0.2, 0.25) is 10.0 Å². The minimum Gasteiger partial charge on any atom is -0.481 e. The predicted molar refractivity (Wildman–Crippen MR) is 120 cm³/mol. The van der Waals surface area contributed by atoms with E-state index in [9.17, 15) is 24.3 Å². The third-order valence-electron chi connectivity index (χ3n) is 6.75. The molecular formula is C23H19Cl2N3O5. The summed E-state index contributed by atoms with van der Waals surface area (Å²) in [6.07, 6.45) is -0.132. The fourth-order valence-corrected chi connectivity index (χ4v) is 5.75. The lowest BCUT2D eigenvalue weighted by molar-refractivity contribution is -0.144. The van der Waals surface area contributed by atoms with Crippen LogP contribution in [0.4, 0.5) is 5.69 Å². The Bertz CT molecular complexity index is 1220. The molecule has 2 aromatic rings. The summed E-state index contributed by atoms with van der Waals surface area (Å²) in [6.45, 7) is -0.0317. The number of anilines is 1. The molecule has 2 saturated heterocycles. The number of aliphatic carboxylic acids is 1. The SMILES string of the molecule is O=C(O)CCC1NC2(C(=O)Nc3c(Cl)cccc32)C2C(=O)N(Cc3ccccc3Cl)C(=O)C12. The maximum atomic E-state index is 13.7. The largest absolute Gasteiger partial charge is 0.481 e. The van der Waals surface area contributed by atoms with Gasteiger partial charge in [0.25, 0.3) is 0 Å². The molecule has 0 aromatic heterocycles. The molecule has 4 unspecified atom stereocenters. The summed E-state index contributed by atoms with van der Waals surface area (Å²) in [5.41, 5.74) is -0.0484. The number of hydrogen-bond donors (Lipinski definition) is 3. The Morgan fingerprint density at radius 2 is 1.76 bits per heavy atom. The van der Waals surface area contributed by atoms with E-state index < -0.39 is 47.1 Å². The van der Waals surface area contributed by atoms with Gasteiger partial charge >= 0.3 is 5.97 Å². The van der Waals surface area contributed by atoms with Crippen LogP contribution in [0.5, 0.6) is 0 Å². The van der Waals surface area contributed by atoms with Gasteiger partial charge in [0, 0.05) is 23.0 Å². The first kappa shape index (κ1) is 21.9. The maximum Gasteiger partial charge on any atom is 0.303 e. The third-order valence-corrected chi connectivity index (χ3v) is 7.43. The molecule has 3 heterocycles. The second-order valence-electron chi connectivity index (χ2n) is 8.47. The van der Waals surface area contributed by atoms with Crippen LogP contribution in [0.15, 0.2) is 42.5 Å². The Hall–Kier alpha value is -2.94. The second-order valence-corrected chi connectivity index (χ2v) is 9.28. The highest BCUT2D eigenvalue weighted by molar-refractivity contribution is 6.35. The molecule has 8 nitrogen and oxygen atoms in total. The molecule has 10 heteroatoms. The quantitative estimate of drug-likeness (QED) is 0.558. The van der Waals surface area contributed by atoms with E-state index >= 15 is 0 Å². The number of carbonyl (C=O) groups excluding carboxylic acids is 3. The highest BCUT2D eigenvalue weighted by Crippen LogP contribution is 2.54. The van der Waals surface area contributed by atoms with Crippen LogP contribution in [0.3, 0.4) is 0 Å². The average Bonchev–Trinajstić information content (AvgIpc) is 3.35. The molecule has 0 saturated carbocycles. The molecule has 0 radical (unpaired) electrons. The van der Waals surface area contributed by atoms with Crippen molar-refractivity contribution in [1.29, 1.82) is 0 Å². The number of para-hydroxylation sites is 1. The molecule has 4 atom stereocenters. The summed E-state index contributed by atoms with van der Waals surface area (Å²) in [6, 6.07) is 11.2. The Kier molecular flexibility index (Phi) is 5.19. The van der Waals surface area contributed by atoms with Crippen LogP contribution < -0.4 is 10.6 Å². The number of benzene rings is 2. The summed E-state index contributed by atoms with van der Waals surface area (Å²) >= 11 is 12.6. The fourth-order valence-electron chi connectivity index (χ4n) is 5.33. The van der Waals surface area contributed by atoms with E-state index in [1.54, 1.807) is 42.5 Å². The molecule has 0 aliphatic carbocycles. The predicted octanol–water partition coefficient (Wildman–Crippen LogP) is 2.78. The van der Waals surface area contributed by atoms with Gasteiger partial charge in [-0.25, -0.2) is 0 Å². The average molecular weight is 488 g/mol. The van der Waals surface area contributed by atoms with Gasteiger partial charge in [-0.15, -0.1) is 0 Å². The molecule has 0 bridgehead atoms. The zero-order chi connectivity index (χ0) is 23.5. The van der Waals surface area contributed by atoms with E-state index in [4.69, 9.17) is 23.2 Å². The Balaban J connectivity index is 1.60. The van der Waals surface area contributed by atoms with Gasteiger partial charge in [0.1, 0.15) is 5.54 Å². The molecule has 3 amide bonds. The molecule has 1 spiro atoms. The fraction of sp³-hybridized carbons (Fsp3) is 0.304. The molecular weight excluding hydrogens is 469 g/mol. The summed E-state index contributed by atoms with van der Waals surface area (Å²) in [5, 5.41) is 15.9. The molecule has 3 aliphatic heterocycles. The Morgan fingerprint density at radius 1 is 1.03 bits per heavy atom. The second kappa shape index (κ2) is 7.83. The monoisotopic (exact) mass is 487 g/mol. The topological polar surface area (TPSA) is 116 Å². The number of fused-ring (bicyclic) bond motifs is 4. The minimum absolute atomic E-state index is 0.0317. The summed E-state index contributed by atoms with van der Waals surface area (Å²) in [7, 11) is 0. The van der Waals surface area contributed by atoms with Gasteiger partial charge in [0.05, 0.1) is 29.1 Å². The molecule has 3 N–H and O–H groups in total. The number of carboxylic acids is 1. The number of likely N-dealkylation sites (tertiary alicyclic amines) is 1. The van der Waals surface area contributed by atoms with E-state index in [-0.39, 0.29) is 19.4 Å². The summed E-state index contributed by atoms with van der Waals surface area (Å²) in [4.78, 5) is 52.9. The zero-order valence-corrected chi connectivity index (χ0v) is 18.7. The summed E-state index contributed by atoms with van der Waals surface area (Å²) < 4.78 is 0. The molecule has 2 fully saturated rings. The van der Waals surface area contributed by atoms with E-state index in [0.717, 1.165) is 4.90 Å². The van der Waals surface area contributed by atoms with Crippen molar-refractivity contribution < 1.29 is 24.3 Å². The first-order valence-corrected chi connectivity index (χ1v) is 11.2. The number of rotatable bonds is 5. The number of imide groups is 1. The standard InChI is InChI=1S/C23H19Cl2N3O5/c24-13-6-2-1-4-11(13)10-28-20(31)17-15(8-9-16(29)30)27-23(18(17)21(28)32)12-5-3-7-14(25)19(12)26-22(23)33/h1-7,15,17-18,27H,8-10H2,(H,26,33)(H,29,30). The van der Waals surface area contributed by atoms with Gasteiger partial charge in [-0.05, 0) is 24.1 Å². The number of carbonyl (C=O) groups is 4. The third kappa shape index (κ3) is 3.16. The lowest BCUT2D eigenvalue weighted by atomic mass is 9.76. The van der Waals surface area contributed by atoms with Gasteiger partial charge in [-0.2, -0.15) is 0 Å². The van der Waals surface area contributed by atoms with Crippen LogP contribution in [-0.4, -0.2) is 39.7 Å². The zero-order valence-electron chi connectivity index (χ0n) is 17.2. The molecule has 3 aliphatic rings. The van der Waals surface area contributed by atoms with E-state index in [1.807, 2.05) is 0 Å². The van der Waals surface area contributed by atoms with Crippen LogP contribution >= 0.6 is 23.2 Å². The van der Waals surface area contributed by atoms with Crippen molar-refractivity contribution in [2.24, 2.45) is 11.8 Å². The Labute approximate surface area is 198 Å². The molecule has 33 heavy (non-hydrogen) atoms. The lowest BCUT2D eigenvalue weighted by Gasteiger charge is -2.29. The highest BCUT2D eigenvalue weighted by Gasteiger charge is 2.70. The van der Waals surface area contributed by atoms with Gasteiger partial charge in [0.15, 0.2) is 0 Å². The van der Waals surface area contributed by atoms with Crippen molar-refractivity contribution >= 4 is 52.6 Å². The van der Waals surface area contributed by atoms with Crippen molar-refractivity contribution in [3.63, 3.8) is 0 Å². The van der Waals surface area contributed by atoms with Crippen molar-refractivity contribution in [3.8, 4) is 0 Å². The number of amides is 3. The van der Waals surface area contributed by atoms with Gasteiger partial charge in [-0.1, -0.05) is 53.5 Å². The first-order valence-electron chi connectivity index (χ1n) is 10.4. The number of nitrogens with zero attached hydrogens (tertiary/aromatic N) is 1. The summed E-state index contributed by atoms with van der Waals surface area (Å²) in [5.74, 6) is -4.40. The molecule has 2 aromatic carbocycles. The van der Waals surface area contributed by atoms with E-state index in [1.165, 1.54) is 0 Å². The number of nitrogens with one attached hydrogen (secondary N) is 2. The Morgan fingerprint density at radius 3 is 2.48 bits per heavy atom. The number of halogens is 2. The maximum absolute atomic E-state index is 13.7. The lowest BCUT2D eigenvalue weighted by Crippen LogP contribution is -2.53. The van der Waals surface area contributed by atoms with Crippen molar-refractivity contribution in [2.45, 2.75) is 31.0 Å². The van der Waals surface area contributed by atoms with Gasteiger partial charge in [-0.3, -0.25) is 29.4 Å². The van der Waals surface area contributed by atoms with Crippen LogP contribution in [0, 0.1) is 11.8 Å². The van der Waals surface area contributed by atoms with Crippen LogP contribution in [0.25, 0.3) is 0 Å². The minimum atomic E-state index is -1.52. The van der Waals surface area contributed by atoms with Crippen molar-refractivity contribution in [1.82, 2.24) is 10.2 Å².